The van der Waals surface area contributed by atoms with Crippen LogP contribution in [0, 0.1) is 12.8 Å². The predicted octanol–water partition coefficient (Wildman–Crippen LogP) is 5.01. The Hall–Kier alpha value is -2.88. The van der Waals surface area contributed by atoms with E-state index in [0.717, 1.165) is 42.2 Å². The van der Waals surface area contributed by atoms with Gasteiger partial charge in [-0.3, -0.25) is 0 Å². The van der Waals surface area contributed by atoms with Gasteiger partial charge in [-0.25, -0.2) is 4.98 Å². The van der Waals surface area contributed by atoms with Crippen molar-refractivity contribution in [2.75, 3.05) is 29.9 Å². The van der Waals surface area contributed by atoms with Gasteiger partial charge < -0.3 is 9.80 Å². The second-order valence-corrected chi connectivity index (χ2v) is 7.68. The van der Waals surface area contributed by atoms with E-state index in [2.05, 4.69) is 84.4 Å². The van der Waals surface area contributed by atoms with Crippen LogP contribution in [0.4, 0.5) is 17.5 Å². The number of para-hydroxylation sites is 1. The molecule has 144 valence electrons. The average molecular weight is 373 g/mol. The molecule has 0 spiro atoms. The molecule has 28 heavy (non-hydrogen) atoms. The van der Waals surface area contributed by atoms with Crippen LogP contribution in [0.25, 0.3) is 0 Å². The number of hydrogen-bond donors (Lipinski definition) is 0. The summed E-state index contributed by atoms with van der Waals surface area (Å²) in [7, 11) is 2.06. The zero-order chi connectivity index (χ0) is 19.3. The quantitative estimate of drug-likeness (QED) is 0.630. The van der Waals surface area contributed by atoms with Crippen LogP contribution in [0.1, 0.15) is 24.1 Å². The Labute approximate surface area is 167 Å². The summed E-state index contributed by atoms with van der Waals surface area (Å²) in [6.07, 6.45) is 3.55. The zero-order valence-corrected chi connectivity index (χ0v) is 16.8. The molecule has 1 aliphatic heterocycles. The summed E-state index contributed by atoms with van der Waals surface area (Å²) >= 11 is 0. The van der Waals surface area contributed by atoms with Crippen LogP contribution < -0.4 is 9.80 Å². The van der Waals surface area contributed by atoms with Gasteiger partial charge >= 0.3 is 0 Å². The first-order valence-corrected chi connectivity index (χ1v) is 10.1. The van der Waals surface area contributed by atoms with Crippen molar-refractivity contribution in [3.05, 3.63) is 78.0 Å². The molecule has 2 heterocycles. The molecule has 1 aliphatic rings. The first-order chi connectivity index (χ1) is 13.7. The summed E-state index contributed by atoms with van der Waals surface area (Å²) in [5.74, 6) is 2.55. The Balaban J connectivity index is 1.44. The van der Waals surface area contributed by atoms with E-state index in [-0.39, 0.29) is 0 Å². The molecule has 1 saturated heterocycles. The number of anilines is 3. The van der Waals surface area contributed by atoms with E-state index >= 15 is 0 Å². The van der Waals surface area contributed by atoms with Crippen molar-refractivity contribution < 1.29 is 0 Å². The van der Waals surface area contributed by atoms with Crippen molar-refractivity contribution in [3.63, 3.8) is 0 Å². The van der Waals surface area contributed by atoms with E-state index in [1.54, 1.807) is 0 Å². The lowest BCUT2D eigenvalue weighted by Gasteiger charge is -2.32. The van der Waals surface area contributed by atoms with Crippen LogP contribution >= 0.6 is 0 Å². The molecular weight excluding hydrogens is 344 g/mol. The lowest BCUT2D eigenvalue weighted by Crippen LogP contribution is -2.35. The van der Waals surface area contributed by atoms with Gasteiger partial charge in [-0.05, 0) is 49.8 Å². The maximum Gasteiger partial charge on any atom is 0.227 e. The second kappa shape index (κ2) is 8.42. The summed E-state index contributed by atoms with van der Waals surface area (Å²) in [5.41, 5.74) is 3.59. The summed E-state index contributed by atoms with van der Waals surface area (Å²) in [6.45, 7) is 4.10. The van der Waals surface area contributed by atoms with Gasteiger partial charge in [-0.2, -0.15) is 4.98 Å². The van der Waals surface area contributed by atoms with E-state index in [9.17, 15) is 0 Å². The Morgan fingerprint density at radius 1 is 0.929 bits per heavy atom. The van der Waals surface area contributed by atoms with E-state index in [4.69, 9.17) is 9.97 Å². The molecule has 0 saturated carbocycles. The van der Waals surface area contributed by atoms with Gasteiger partial charge in [0, 0.05) is 37.6 Å². The maximum atomic E-state index is 4.88. The monoisotopic (exact) mass is 372 g/mol. The Morgan fingerprint density at radius 2 is 1.57 bits per heavy atom. The molecule has 0 N–H and O–H groups in total. The standard InChI is InChI=1S/C24H28N4/c1-19-17-23(27(2)22-11-7-4-8-12-22)26-24(25-19)28-15-13-21(14-16-28)18-20-9-5-3-6-10-20/h3-12,17,21H,13-16,18H2,1-2H3. The number of benzene rings is 2. The van der Waals surface area contributed by atoms with Crippen molar-refractivity contribution in [1.82, 2.24) is 9.97 Å². The minimum absolute atomic E-state index is 0.745. The van der Waals surface area contributed by atoms with Crippen LogP contribution in [-0.4, -0.2) is 30.1 Å². The SMILES string of the molecule is Cc1cc(N(C)c2ccccc2)nc(N2CCC(Cc3ccccc3)CC2)n1. The Bertz CT molecular complexity index is 887. The highest BCUT2D eigenvalue weighted by atomic mass is 15.3. The molecule has 3 aromatic rings. The van der Waals surface area contributed by atoms with E-state index in [1.165, 1.54) is 24.8 Å². The van der Waals surface area contributed by atoms with Crippen molar-refractivity contribution in [2.45, 2.75) is 26.2 Å². The number of rotatable bonds is 5. The molecule has 1 aromatic heterocycles. The molecule has 0 unspecified atom stereocenters. The second-order valence-electron chi connectivity index (χ2n) is 7.68. The number of nitrogens with zero attached hydrogens (tertiary/aromatic N) is 4. The average Bonchev–Trinajstić information content (AvgIpc) is 2.75. The van der Waals surface area contributed by atoms with E-state index in [1.807, 2.05) is 6.07 Å². The highest BCUT2D eigenvalue weighted by Crippen LogP contribution is 2.27. The molecule has 4 rings (SSSR count). The molecule has 1 fully saturated rings. The third-order valence-electron chi connectivity index (χ3n) is 5.58. The highest BCUT2D eigenvalue weighted by Gasteiger charge is 2.22. The molecule has 0 amide bonds. The fourth-order valence-corrected chi connectivity index (χ4v) is 3.92. The Kier molecular flexibility index (Phi) is 5.56. The third-order valence-corrected chi connectivity index (χ3v) is 5.58. The van der Waals surface area contributed by atoms with Crippen molar-refractivity contribution >= 4 is 17.5 Å². The number of aromatic nitrogens is 2. The zero-order valence-electron chi connectivity index (χ0n) is 16.8. The smallest absolute Gasteiger partial charge is 0.227 e. The fraction of sp³-hybridized carbons (Fsp3) is 0.333. The topological polar surface area (TPSA) is 32.3 Å². The van der Waals surface area contributed by atoms with Gasteiger partial charge in [0.25, 0.3) is 0 Å². The largest absolute Gasteiger partial charge is 0.341 e. The van der Waals surface area contributed by atoms with Crippen molar-refractivity contribution in [1.29, 1.82) is 0 Å². The van der Waals surface area contributed by atoms with E-state index in [0.29, 0.717) is 0 Å². The third kappa shape index (κ3) is 4.33. The number of hydrogen-bond acceptors (Lipinski definition) is 4. The lowest BCUT2D eigenvalue weighted by atomic mass is 9.90. The number of aryl methyl sites for hydroxylation is 1. The Morgan fingerprint density at radius 3 is 2.25 bits per heavy atom. The van der Waals surface area contributed by atoms with Gasteiger partial charge in [-0.15, -0.1) is 0 Å². The van der Waals surface area contributed by atoms with Crippen LogP contribution in [0.5, 0.6) is 0 Å². The van der Waals surface area contributed by atoms with Gasteiger partial charge in [0.15, 0.2) is 0 Å². The molecule has 4 heteroatoms. The minimum atomic E-state index is 0.745. The predicted molar refractivity (Wildman–Crippen MR) is 116 cm³/mol. The van der Waals surface area contributed by atoms with Crippen molar-refractivity contribution in [3.8, 4) is 0 Å². The normalized spacial score (nSPS) is 14.9. The molecular formula is C24H28N4. The number of piperidine rings is 1. The maximum absolute atomic E-state index is 4.88. The summed E-state index contributed by atoms with van der Waals surface area (Å²) in [5, 5.41) is 0. The summed E-state index contributed by atoms with van der Waals surface area (Å²) < 4.78 is 0. The molecule has 0 atom stereocenters. The first kappa shape index (κ1) is 18.5. The van der Waals surface area contributed by atoms with Crippen LogP contribution in [0.2, 0.25) is 0 Å². The van der Waals surface area contributed by atoms with E-state index < -0.39 is 0 Å². The van der Waals surface area contributed by atoms with Crippen LogP contribution in [-0.2, 0) is 6.42 Å². The lowest BCUT2D eigenvalue weighted by molar-refractivity contribution is 0.400. The summed E-state index contributed by atoms with van der Waals surface area (Å²) in [6, 6.07) is 23.2. The van der Waals surface area contributed by atoms with Gasteiger partial charge in [0.05, 0.1) is 0 Å². The molecule has 0 radical (unpaired) electrons. The summed E-state index contributed by atoms with van der Waals surface area (Å²) in [4.78, 5) is 14.1. The van der Waals surface area contributed by atoms with Crippen molar-refractivity contribution in [2.24, 2.45) is 5.92 Å². The molecule has 4 nitrogen and oxygen atoms in total. The minimum Gasteiger partial charge on any atom is -0.341 e. The molecule has 0 aliphatic carbocycles. The highest BCUT2D eigenvalue weighted by molar-refractivity contribution is 5.60. The fourth-order valence-electron chi connectivity index (χ4n) is 3.92. The van der Waals surface area contributed by atoms with Crippen LogP contribution in [0.3, 0.4) is 0 Å². The molecule has 0 bridgehead atoms. The van der Waals surface area contributed by atoms with Gasteiger partial charge in [-0.1, -0.05) is 48.5 Å². The molecule has 2 aromatic carbocycles. The first-order valence-electron chi connectivity index (χ1n) is 10.1. The van der Waals surface area contributed by atoms with Gasteiger partial charge in [0.2, 0.25) is 5.95 Å². The van der Waals surface area contributed by atoms with Crippen LogP contribution in [0.15, 0.2) is 66.7 Å². The van der Waals surface area contributed by atoms with Gasteiger partial charge in [0.1, 0.15) is 5.82 Å².